The monoisotopic (exact) mass is 286 g/mol. The van der Waals surface area contributed by atoms with Crippen molar-refractivity contribution < 1.29 is 0 Å². The van der Waals surface area contributed by atoms with E-state index in [0.29, 0.717) is 6.04 Å². The van der Waals surface area contributed by atoms with Gasteiger partial charge in [-0.25, -0.2) is 0 Å². The molecule has 1 unspecified atom stereocenters. The fraction of sp³-hybridized carbons (Fsp3) is 0.632. The van der Waals surface area contributed by atoms with E-state index in [1.807, 2.05) is 13.8 Å². The van der Waals surface area contributed by atoms with Gasteiger partial charge in [-0.2, -0.15) is 5.26 Å². The van der Waals surface area contributed by atoms with Crippen molar-refractivity contribution in [2.24, 2.45) is 0 Å². The predicted octanol–water partition coefficient (Wildman–Crippen LogP) is 5.65. The van der Waals surface area contributed by atoms with Crippen molar-refractivity contribution in [1.29, 1.82) is 5.26 Å². The van der Waals surface area contributed by atoms with E-state index >= 15 is 0 Å². The first-order valence-electron chi connectivity index (χ1n) is 8.28. The minimum atomic E-state index is -0.413. The van der Waals surface area contributed by atoms with Gasteiger partial charge >= 0.3 is 0 Å². The molecule has 1 aromatic rings. The first-order valence-corrected chi connectivity index (χ1v) is 8.28. The van der Waals surface area contributed by atoms with E-state index in [1.54, 1.807) is 0 Å². The molecule has 2 nitrogen and oxygen atoms in total. The molecule has 0 aliphatic rings. The second-order valence-electron chi connectivity index (χ2n) is 6.56. The Morgan fingerprint density at radius 2 is 1.71 bits per heavy atom. The Kier molecular flexibility index (Phi) is 7.29. The maximum absolute atomic E-state index is 9.16. The lowest BCUT2D eigenvalue weighted by atomic mass is 9.86. The molecule has 1 N–H and O–H groups in total. The third kappa shape index (κ3) is 6.21. The molecule has 2 heteroatoms. The molecular formula is C19H30N2. The predicted molar refractivity (Wildman–Crippen MR) is 91.5 cm³/mol. The molecule has 0 bridgehead atoms. The van der Waals surface area contributed by atoms with Crippen LogP contribution in [0.25, 0.3) is 0 Å². The number of nitrogens with one attached hydrogen (secondary N) is 1. The summed E-state index contributed by atoms with van der Waals surface area (Å²) in [5.74, 6) is 0. The topological polar surface area (TPSA) is 35.8 Å². The summed E-state index contributed by atoms with van der Waals surface area (Å²) < 4.78 is 0. The summed E-state index contributed by atoms with van der Waals surface area (Å²) in [4.78, 5) is 0. The molecule has 0 aromatic heterocycles. The van der Waals surface area contributed by atoms with Gasteiger partial charge in [-0.05, 0) is 44.9 Å². The Bertz CT molecular complexity index is 440. The quantitative estimate of drug-likeness (QED) is 0.595. The van der Waals surface area contributed by atoms with Crippen molar-refractivity contribution in [3.63, 3.8) is 0 Å². The largest absolute Gasteiger partial charge is 0.383 e. The van der Waals surface area contributed by atoms with E-state index in [1.165, 1.54) is 38.5 Å². The molecule has 0 saturated carbocycles. The molecular weight excluding hydrogens is 256 g/mol. The molecule has 0 aliphatic carbocycles. The van der Waals surface area contributed by atoms with Crippen molar-refractivity contribution in [2.45, 2.75) is 77.7 Å². The molecule has 0 fully saturated rings. The third-order valence-electron chi connectivity index (χ3n) is 4.04. The molecule has 21 heavy (non-hydrogen) atoms. The van der Waals surface area contributed by atoms with Crippen molar-refractivity contribution in [1.82, 2.24) is 0 Å². The van der Waals surface area contributed by atoms with Crippen LogP contribution in [0.3, 0.4) is 0 Å². The smallest absolute Gasteiger partial charge is 0.0766 e. The summed E-state index contributed by atoms with van der Waals surface area (Å²) in [6.45, 7) is 8.40. The zero-order valence-corrected chi connectivity index (χ0v) is 14.1. The van der Waals surface area contributed by atoms with Crippen LogP contribution < -0.4 is 5.32 Å². The summed E-state index contributed by atoms with van der Waals surface area (Å²) in [6, 6.07) is 11.1. The second kappa shape index (κ2) is 8.72. The Balaban J connectivity index is 2.40. The van der Waals surface area contributed by atoms with Crippen molar-refractivity contribution in [3.05, 3.63) is 29.8 Å². The van der Waals surface area contributed by atoms with Gasteiger partial charge in [0.05, 0.1) is 11.5 Å². The molecule has 0 saturated heterocycles. The molecule has 0 amide bonds. The highest BCUT2D eigenvalue weighted by atomic mass is 14.9. The number of benzene rings is 1. The molecule has 0 heterocycles. The summed E-state index contributed by atoms with van der Waals surface area (Å²) in [6.07, 6.45) is 7.89. The van der Waals surface area contributed by atoms with E-state index < -0.39 is 5.41 Å². The minimum Gasteiger partial charge on any atom is -0.383 e. The number of unbranched alkanes of at least 4 members (excludes halogenated alkanes) is 4. The molecule has 1 aromatic carbocycles. The van der Waals surface area contributed by atoms with Gasteiger partial charge in [0.15, 0.2) is 0 Å². The lowest BCUT2D eigenvalue weighted by Gasteiger charge is -2.18. The van der Waals surface area contributed by atoms with Crippen LogP contribution in [0.15, 0.2) is 24.3 Å². The van der Waals surface area contributed by atoms with Gasteiger partial charge in [-0.15, -0.1) is 0 Å². The van der Waals surface area contributed by atoms with Crippen LogP contribution in [0, 0.1) is 11.3 Å². The minimum absolute atomic E-state index is 0.413. The van der Waals surface area contributed by atoms with Gasteiger partial charge in [0, 0.05) is 11.7 Å². The SMILES string of the molecule is CCCCCCCC(C)Nc1ccc(C(C)(C)C#N)cc1. The Morgan fingerprint density at radius 3 is 2.29 bits per heavy atom. The van der Waals surface area contributed by atoms with Crippen LogP contribution in [0.5, 0.6) is 0 Å². The van der Waals surface area contributed by atoms with E-state index in [9.17, 15) is 0 Å². The Morgan fingerprint density at radius 1 is 1.10 bits per heavy atom. The van der Waals surface area contributed by atoms with Gasteiger partial charge < -0.3 is 5.32 Å². The Hall–Kier alpha value is -1.49. The summed E-state index contributed by atoms with van der Waals surface area (Å²) in [5, 5.41) is 12.7. The number of nitriles is 1. The van der Waals surface area contributed by atoms with Gasteiger partial charge in [0.1, 0.15) is 0 Å². The highest BCUT2D eigenvalue weighted by molar-refractivity contribution is 5.47. The van der Waals surface area contributed by atoms with E-state index in [-0.39, 0.29) is 0 Å². The summed E-state index contributed by atoms with van der Waals surface area (Å²) >= 11 is 0. The first kappa shape index (κ1) is 17.6. The third-order valence-corrected chi connectivity index (χ3v) is 4.04. The van der Waals surface area contributed by atoms with Gasteiger partial charge in [0.25, 0.3) is 0 Å². The number of rotatable bonds is 9. The normalized spacial score (nSPS) is 12.7. The van der Waals surface area contributed by atoms with Crippen molar-refractivity contribution in [3.8, 4) is 6.07 Å². The van der Waals surface area contributed by atoms with E-state index in [2.05, 4.69) is 49.5 Å². The maximum Gasteiger partial charge on any atom is 0.0766 e. The zero-order valence-electron chi connectivity index (χ0n) is 14.1. The molecule has 1 atom stereocenters. The second-order valence-corrected chi connectivity index (χ2v) is 6.56. The van der Waals surface area contributed by atoms with Crippen LogP contribution in [0.4, 0.5) is 5.69 Å². The standard InChI is InChI=1S/C19H30N2/c1-5-6-7-8-9-10-16(2)21-18-13-11-17(12-14-18)19(3,4)15-20/h11-14,16,21H,5-10H2,1-4H3. The highest BCUT2D eigenvalue weighted by Gasteiger charge is 2.19. The van der Waals surface area contributed by atoms with Gasteiger partial charge in [-0.1, -0.05) is 51.2 Å². The van der Waals surface area contributed by atoms with Crippen LogP contribution in [0.1, 0.15) is 71.8 Å². The van der Waals surface area contributed by atoms with Crippen LogP contribution >= 0.6 is 0 Å². The molecule has 1 rings (SSSR count). The average Bonchev–Trinajstić information content (AvgIpc) is 2.47. The van der Waals surface area contributed by atoms with E-state index in [0.717, 1.165) is 11.3 Å². The number of hydrogen-bond donors (Lipinski definition) is 1. The lowest BCUT2D eigenvalue weighted by Crippen LogP contribution is -2.16. The zero-order chi connectivity index (χ0) is 15.7. The Labute approximate surface area is 130 Å². The van der Waals surface area contributed by atoms with Crippen molar-refractivity contribution >= 4 is 5.69 Å². The first-order chi connectivity index (χ1) is 9.99. The summed E-state index contributed by atoms with van der Waals surface area (Å²) in [7, 11) is 0. The maximum atomic E-state index is 9.16. The number of anilines is 1. The van der Waals surface area contributed by atoms with Crippen LogP contribution in [-0.4, -0.2) is 6.04 Å². The number of nitrogens with zero attached hydrogens (tertiary/aromatic N) is 1. The lowest BCUT2D eigenvalue weighted by molar-refractivity contribution is 0.578. The summed E-state index contributed by atoms with van der Waals surface area (Å²) in [5.41, 5.74) is 1.81. The van der Waals surface area contributed by atoms with E-state index in [4.69, 9.17) is 5.26 Å². The van der Waals surface area contributed by atoms with Gasteiger partial charge in [-0.3, -0.25) is 0 Å². The fourth-order valence-corrected chi connectivity index (χ4v) is 2.46. The molecule has 0 aliphatic heterocycles. The number of hydrogen-bond acceptors (Lipinski definition) is 2. The molecule has 116 valence electrons. The molecule has 0 radical (unpaired) electrons. The van der Waals surface area contributed by atoms with Crippen molar-refractivity contribution in [2.75, 3.05) is 5.32 Å². The van der Waals surface area contributed by atoms with Gasteiger partial charge in [0.2, 0.25) is 0 Å². The average molecular weight is 286 g/mol. The fourth-order valence-electron chi connectivity index (χ4n) is 2.46. The van der Waals surface area contributed by atoms with Crippen LogP contribution in [0.2, 0.25) is 0 Å². The highest BCUT2D eigenvalue weighted by Crippen LogP contribution is 2.24. The van der Waals surface area contributed by atoms with Crippen LogP contribution in [-0.2, 0) is 5.41 Å². The molecule has 0 spiro atoms.